The molecule has 1 aromatic carbocycles. The number of hydrogen-bond donors (Lipinski definition) is 1. The van der Waals surface area contributed by atoms with Crippen LogP contribution in [0, 0.1) is 0 Å². The maximum Gasteiger partial charge on any atom is 0.374 e. The van der Waals surface area contributed by atoms with Gasteiger partial charge in [0.25, 0.3) is 0 Å². The van der Waals surface area contributed by atoms with Gasteiger partial charge in [-0.1, -0.05) is 5.16 Å². The summed E-state index contributed by atoms with van der Waals surface area (Å²) < 4.78 is 20.5. The summed E-state index contributed by atoms with van der Waals surface area (Å²) in [6.07, 6.45) is 0. The minimum atomic E-state index is -1.17. The lowest BCUT2D eigenvalue weighted by Gasteiger charge is -2.13. The summed E-state index contributed by atoms with van der Waals surface area (Å²) in [5.41, 5.74) is 1.80. The average Bonchev–Trinajstić information content (AvgIpc) is 2.96. The molecule has 0 aliphatic rings. The fourth-order valence-corrected chi connectivity index (χ4v) is 1.97. The smallest absolute Gasteiger partial charge is 0.374 e. The molecule has 0 atom stereocenters. The maximum absolute atomic E-state index is 10.8. The first kappa shape index (κ1) is 14.9. The van der Waals surface area contributed by atoms with Gasteiger partial charge in [0.05, 0.1) is 20.8 Å². The fourth-order valence-electron chi connectivity index (χ4n) is 1.97. The predicted molar refractivity (Wildman–Crippen MR) is 72.7 cm³/mol. The van der Waals surface area contributed by atoms with E-state index in [1.807, 2.05) is 0 Å². The molecule has 7 nitrogen and oxygen atoms in total. The number of aromatic carboxylic acids is 1. The van der Waals surface area contributed by atoms with E-state index in [4.69, 9.17) is 23.8 Å². The average molecular weight is 293 g/mol. The Morgan fingerprint density at radius 2 is 2.00 bits per heavy atom. The van der Waals surface area contributed by atoms with Crippen molar-refractivity contribution in [2.75, 3.05) is 21.3 Å². The Labute approximate surface area is 121 Å². The van der Waals surface area contributed by atoms with Crippen molar-refractivity contribution in [2.24, 2.45) is 0 Å². The van der Waals surface area contributed by atoms with Crippen molar-refractivity contribution < 1.29 is 28.6 Å². The zero-order chi connectivity index (χ0) is 15.4. The van der Waals surface area contributed by atoms with Gasteiger partial charge in [0.15, 0.2) is 11.5 Å². The first-order valence-electron chi connectivity index (χ1n) is 6.05. The van der Waals surface area contributed by atoms with Crippen LogP contribution in [0.2, 0.25) is 0 Å². The number of methoxy groups -OCH3 is 3. The molecular formula is C14H15NO6. The molecule has 0 saturated carbocycles. The van der Waals surface area contributed by atoms with Crippen molar-refractivity contribution in [2.45, 2.75) is 6.61 Å². The standard InChI is InChI=1S/C14H15NO6/c1-18-7-9-4-8(5-11(19-2)13(9)20-3)10-6-12(14(16)17)21-15-10/h4-6H,7H2,1-3H3,(H,16,17). The quantitative estimate of drug-likeness (QED) is 0.872. The van der Waals surface area contributed by atoms with E-state index in [0.717, 1.165) is 5.56 Å². The highest BCUT2D eigenvalue weighted by Crippen LogP contribution is 2.36. The summed E-state index contributed by atoms with van der Waals surface area (Å²) in [5.74, 6) is -0.341. The van der Waals surface area contributed by atoms with E-state index in [1.165, 1.54) is 20.3 Å². The highest BCUT2D eigenvalue weighted by Gasteiger charge is 2.17. The van der Waals surface area contributed by atoms with E-state index in [2.05, 4.69) is 5.16 Å². The van der Waals surface area contributed by atoms with Gasteiger partial charge in [-0.05, 0) is 12.1 Å². The van der Waals surface area contributed by atoms with E-state index in [0.29, 0.717) is 29.4 Å². The molecule has 112 valence electrons. The van der Waals surface area contributed by atoms with Gasteiger partial charge < -0.3 is 23.8 Å². The van der Waals surface area contributed by atoms with Crippen molar-refractivity contribution >= 4 is 5.97 Å². The number of aromatic nitrogens is 1. The summed E-state index contributed by atoms with van der Waals surface area (Å²) in [7, 11) is 4.62. The molecule has 0 aliphatic heterocycles. The molecule has 21 heavy (non-hydrogen) atoms. The highest BCUT2D eigenvalue weighted by atomic mass is 16.5. The van der Waals surface area contributed by atoms with E-state index in [1.54, 1.807) is 19.2 Å². The Balaban J connectivity index is 2.52. The zero-order valence-electron chi connectivity index (χ0n) is 11.9. The third-order valence-corrected chi connectivity index (χ3v) is 2.87. The molecule has 0 radical (unpaired) electrons. The van der Waals surface area contributed by atoms with Gasteiger partial charge in [-0.3, -0.25) is 0 Å². The Morgan fingerprint density at radius 3 is 2.52 bits per heavy atom. The third kappa shape index (κ3) is 2.97. The van der Waals surface area contributed by atoms with Gasteiger partial charge >= 0.3 is 5.97 Å². The third-order valence-electron chi connectivity index (χ3n) is 2.87. The van der Waals surface area contributed by atoms with Gasteiger partial charge in [0.2, 0.25) is 5.76 Å². The van der Waals surface area contributed by atoms with Crippen molar-refractivity contribution in [1.82, 2.24) is 5.16 Å². The van der Waals surface area contributed by atoms with Crippen molar-refractivity contribution in [3.05, 3.63) is 29.5 Å². The van der Waals surface area contributed by atoms with Crippen molar-refractivity contribution in [1.29, 1.82) is 0 Å². The number of rotatable bonds is 6. The molecule has 0 bridgehead atoms. The highest BCUT2D eigenvalue weighted by molar-refractivity contribution is 5.85. The summed E-state index contributed by atoms with van der Waals surface area (Å²) in [6, 6.07) is 4.83. The largest absolute Gasteiger partial charge is 0.493 e. The van der Waals surface area contributed by atoms with Crippen molar-refractivity contribution in [3.8, 4) is 22.8 Å². The van der Waals surface area contributed by atoms with Crippen LogP contribution in [0.15, 0.2) is 22.7 Å². The van der Waals surface area contributed by atoms with E-state index < -0.39 is 5.97 Å². The number of nitrogens with zero attached hydrogens (tertiary/aromatic N) is 1. The van der Waals surface area contributed by atoms with Crippen LogP contribution in [-0.4, -0.2) is 37.6 Å². The second kappa shape index (κ2) is 6.27. The van der Waals surface area contributed by atoms with Crippen LogP contribution in [-0.2, 0) is 11.3 Å². The van der Waals surface area contributed by atoms with Crippen LogP contribution in [0.1, 0.15) is 16.1 Å². The first-order valence-corrected chi connectivity index (χ1v) is 6.05. The van der Waals surface area contributed by atoms with Gasteiger partial charge in [-0.15, -0.1) is 0 Å². The van der Waals surface area contributed by atoms with Gasteiger partial charge in [0, 0.05) is 24.3 Å². The molecule has 1 N–H and O–H groups in total. The molecule has 2 aromatic rings. The number of ether oxygens (including phenoxy) is 3. The van der Waals surface area contributed by atoms with Crippen LogP contribution in [0.3, 0.4) is 0 Å². The van der Waals surface area contributed by atoms with Gasteiger partial charge in [-0.25, -0.2) is 4.79 Å². The summed E-state index contributed by atoms with van der Waals surface area (Å²) in [5, 5.41) is 12.6. The molecule has 2 rings (SSSR count). The number of carboxylic acid groups (broad SMARTS) is 1. The Hall–Kier alpha value is -2.54. The number of carboxylic acids is 1. The second-order valence-electron chi connectivity index (χ2n) is 4.19. The minimum absolute atomic E-state index is 0.229. The van der Waals surface area contributed by atoms with Gasteiger partial charge in [0.1, 0.15) is 5.69 Å². The van der Waals surface area contributed by atoms with E-state index in [-0.39, 0.29) is 5.76 Å². The first-order chi connectivity index (χ1) is 10.1. The van der Waals surface area contributed by atoms with E-state index >= 15 is 0 Å². The molecule has 0 amide bonds. The summed E-state index contributed by atoms with van der Waals surface area (Å²) >= 11 is 0. The molecule has 0 spiro atoms. The lowest BCUT2D eigenvalue weighted by molar-refractivity contribution is 0.0652. The maximum atomic E-state index is 10.8. The van der Waals surface area contributed by atoms with Gasteiger partial charge in [-0.2, -0.15) is 0 Å². The van der Waals surface area contributed by atoms with Crippen LogP contribution in [0.5, 0.6) is 11.5 Å². The Morgan fingerprint density at radius 1 is 1.24 bits per heavy atom. The Bertz CT molecular complexity index is 649. The molecule has 0 aliphatic carbocycles. The molecule has 0 fully saturated rings. The monoisotopic (exact) mass is 293 g/mol. The van der Waals surface area contributed by atoms with Crippen LogP contribution >= 0.6 is 0 Å². The lowest BCUT2D eigenvalue weighted by Crippen LogP contribution is -1.98. The van der Waals surface area contributed by atoms with Crippen molar-refractivity contribution in [3.63, 3.8) is 0 Å². The molecule has 0 unspecified atom stereocenters. The van der Waals surface area contributed by atoms with Crippen LogP contribution < -0.4 is 9.47 Å². The van der Waals surface area contributed by atoms with Crippen LogP contribution in [0.4, 0.5) is 0 Å². The SMILES string of the molecule is COCc1cc(-c2cc(C(=O)O)on2)cc(OC)c1OC. The second-order valence-corrected chi connectivity index (χ2v) is 4.19. The fraction of sp³-hybridized carbons (Fsp3) is 0.286. The number of benzene rings is 1. The topological polar surface area (TPSA) is 91.0 Å². The zero-order valence-corrected chi connectivity index (χ0v) is 11.9. The Kier molecular flexibility index (Phi) is 4.44. The number of hydrogen-bond acceptors (Lipinski definition) is 6. The molecule has 1 heterocycles. The van der Waals surface area contributed by atoms with E-state index in [9.17, 15) is 4.79 Å². The number of carbonyl (C=O) groups is 1. The minimum Gasteiger partial charge on any atom is -0.493 e. The molecule has 0 saturated heterocycles. The molecule has 1 aromatic heterocycles. The van der Waals surface area contributed by atoms with Crippen LogP contribution in [0.25, 0.3) is 11.3 Å². The summed E-state index contributed by atoms with van der Waals surface area (Å²) in [6.45, 7) is 0.316. The lowest BCUT2D eigenvalue weighted by atomic mass is 10.1. The molecule has 7 heteroatoms. The normalized spacial score (nSPS) is 10.4. The predicted octanol–water partition coefficient (Wildman–Crippen LogP) is 2.20. The molecular weight excluding hydrogens is 278 g/mol. The summed E-state index contributed by atoms with van der Waals surface area (Å²) in [4.78, 5) is 10.8.